The number of halogens is 1. The van der Waals surface area contributed by atoms with E-state index < -0.39 is 0 Å². The zero-order chi connectivity index (χ0) is 17.6. The highest BCUT2D eigenvalue weighted by Gasteiger charge is 2.40. The molecule has 3 aliphatic heterocycles. The quantitative estimate of drug-likeness (QED) is 0.841. The minimum atomic E-state index is 0.135. The third-order valence-corrected chi connectivity index (χ3v) is 5.92. The van der Waals surface area contributed by atoms with E-state index in [2.05, 4.69) is 22.8 Å². The summed E-state index contributed by atoms with van der Waals surface area (Å²) in [7, 11) is 1.96. The van der Waals surface area contributed by atoms with E-state index in [1.165, 1.54) is 0 Å². The number of benzene rings is 1. The van der Waals surface area contributed by atoms with Crippen LogP contribution in [0.15, 0.2) is 18.2 Å². The van der Waals surface area contributed by atoms with E-state index in [0.29, 0.717) is 11.9 Å². The number of carbonyl (C=O) groups excluding carboxylic acids is 1. The first kappa shape index (κ1) is 16.9. The van der Waals surface area contributed by atoms with Crippen molar-refractivity contribution in [2.45, 2.75) is 38.8 Å². The molecule has 6 heteroatoms. The molecule has 4 heterocycles. The van der Waals surface area contributed by atoms with Crippen molar-refractivity contribution in [1.29, 1.82) is 0 Å². The Kier molecular flexibility index (Phi) is 4.46. The highest BCUT2D eigenvalue weighted by molar-refractivity contribution is 6.35. The Morgan fingerprint density at radius 1 is 1.28 bits per heavy atom. The van der Waals surface area contributed by atoms with Crippen molar-refractivity contribution in [2.24, 2.45) is 13.0 Å². The molecule has 0 saturated carbocycles. The van der Waals surface area contributed by atoms with E-state index in [0.717, 1.165) is 67.1 Å². The first-order valence-electron chi connectivity index (χ1n) is 9.21. The van der Waals surface area contributed by atoms with Crippen LogP contribution >= 0.6 is 11.6 Å². The summed E-state index contributed by atoms with van der Waals surface area (Å²) in [4.78, 5) is 17.3. The molecule has 1 amide bonds. The van der Waals surface area contributed by atoms with Gasteiger partial charge in [0, 0.05) is 44.7 Å². The van der Waals surface area contributed by atoms with Crippen molar-refractivity contribution in [2.75, 3.05) is 19.6 Å². The second-order valence-corrected chi connectivity index (χ2v) is 7.77. The monoisotopic (exact) mass is 360 g/mol. The molecule has 0 radical (unpaired) electrons. The molecule has 3 fully saturated rings. The van der Waals surface area contributed by atoms with E-state index in [-0.39, 0.29) is 5.92 Å². The van der Waals surface area contributed by atoms with Gasteiger partial charge in [-0.2, -0.15) is 5.10 Å². The maximum absolute atomic E-state index is 12.7. The molecule has 3 saturated heterocycles. The number of hydrogen-bond acceptors (Lipinski definition) is 3. The lowest BCUT2D eigenvalue weighted by Gasteiger charge is -2.35. The van der Waals surface area contributed by atoms with Gasteiger partial charge in [-0.3, -0.25) is 14.4 Å². The summed E-state index contributed by atoms with van der Waals surface area (Å²) >= 11 is 6.45. The number of amides is 1. The van der Waals surface area contributed by atoms with Gasteiger partial charge >= 0.3 is 0 Å². The number of aromatic nitrogens is 2. The number of piperidine rings is 1. The molecule has 5 rings (SSSR count). The third-order valence-electron chi connectivity index (χ3n) is 5.61. The average Bonchev–Trinajstić information content (AvgIpc) is 2.72. The Morgan fingerprint density at radius 2 is 2.12 bits per heavy atom. The highest BCUT2D eigenvalue weighted by atomic mass is 35.5. The maximum atomic E-state index is 12.7. The summed E-state index contributed by atoms with van der Waals surface area (Å²) in [6, 6.07) is 6.28. The van der Waals surface area contributed by atoms with Gasteiger partial charge in [-0.25, -0.2) is 0 Å². The van der Waals surface area contributed by atoms with E-state index in [1.54, 1.807) is 0 Å². The third kappa shape index (κ3) is 2.93. The Hall–Kier alpha value is -1.59. The molecule has 3 aliphatic rings. The van der Waals surface area contributed by atoms with Crippen molar-refractivity contribution in [3.63, 3.8) is 0 Å². The average molecular weight is 361 g/mol. The zero-order valence-corrected chi connectivity index (χ0v) is 15.7. The smallest absolute Gasteiger partial charge is 0.227 e. The molecule has 0 N–H and O–H groups in total. The lowest BCUT2D eigenvalue weighted by Crippen LogP contribution is -2.48. The Bertz CT molecular complexity index is 802. The van der Waals surface area contributed by atoms with Crippen LogP contribution in [0.3, 0.4) is 0 Å². The van der Waals surface area contributed by atoms with Crippen LogP contribution in [0.25, 0.3) is 10.9 Å². The molecular formula is C19H25ClN4O. The Balaban J connectivity index is 1.61. The van der Waals surface area contributed by atoms with Crippen LogP contribution < -0.4 is 0 Å². The SMILES string of the molecule is CCCN1C(=O)[C@@H]2CC[C@H]1CN(Cc1nn(C)c3cccc(Cl)c13)C2. The standard InChI is InChI=1S/C19H25ClN4O/c1-3-9-24-14-8-7-13(19(24)25)10-23(11-14)12-16-18-15(20)5-4-6-17(18)22(2)21-16/h4-6,13-14H,3,7-12H2,1-2H3/t13-,14+/m1/s1. The van der Waals surface area contributed by atoms with Gasteiger partial charge in [0.1, 0.15) is 0 Å². The van der Waals surface area contributed by atoms with E-state index in [4.69, 9.17) is 16.7 Å². The van der Waals surface area contributed by atoms with Crippen LogP contribution in [-0.4, -0.2) is 51.2 Å². The number of rotatable bonds is 4. The molecule has 2 atom stereocenters. The molecule has 2 bridgehead atoms. The number of hydrogen-bond donors (Lipinski definition) is 0. The first-order valence-corrected chi connectivity index (χ1v) is 9.59. The van der Waals surface area contributed by atoms with Crippen LogP contribution in [-0.2, 0) is 18.4 Å². The van der Waals surface area contributed by atoms with Gasteiger partial charge in [0.2, 0.25) is 5.91 Å². The number of fused-ring (bicyclic) bond motifs is 5. The molecule has 0 spiro atoms. The fraction of sp³-hybridized carbons (Fsp3) is 0.579. The fourth-order valence-corrected chi connectivity index (χ4v) is 4.75. The molecule has 0 unspecified atom stereocenters. The summed E-state index contributed by atoms with van der Waals surface area (Å²) in [5.74, 6) is 0.486. The minimum absolute atomic E-state index is 0.135. The lowest BCUT2D eigenvalue weighted by atomic mass is 9.94. The largest absolute Gasteiger partial charge is 0.338 e. The van der Waals surface area contributed by atoms with E-state index in [9.17, 15) is 4.79 Å². The van der Waals surface area contributed by atoms with Gasteiger partial charge in [0.15, 0.2) is 0 Å². The van der Waals surface area contributed by atoms with Crippen molar-refractivity contribution in [3.05, 3.63) is 28.9 Å². The van der Waals surface area contributed by atoms with Crippen molar-refractivity contribution >= 4 is 28.4 Å². The van der Waals surface area contributed by atoms with Crippen molar-refractivity contribution in [3.8, 4) is 0 Å². The molecule has 5 nitrogen and oxygen atoms in total. The zero-order valence-electron chi connectivity index (χ0n) is 14.9. The van der Waals surface area contributed by atoms with Crippen molar-refractivity contribution < 1.29 is 4.79 Å². The van der Waals surface area contributed by atoms with Gasteiger partial charge < -0.3 is 4.90 Å². The molecule has 1 aromatic carbocycles. The predicted molar refractivity (Wildman–Crippen MR) is 99.5 cm³/mol. The lowest BCUT2D eigenvalue weighted by molar-refractivity contribution is -0.139. The van der Waals surface area contributed by atoms with Crippen LogP contribution in [0, 0.1) is 5.92 Å². The second-order valence-electron chi connectivity index (χ2n) is 7.36. The minimum Gasteiger partial charge on any atom is -0.338 e. The first-order chi connectivity index (χ1) is 12.1. The van der Waals surface area contributed by atoms with Gasteiger partial charge in [-0.05, 0) is 31.4 Å². The summed E-state index contributed by atoms with van der Waals surface area (Å²) in [5, 5.41) is 6.51. The molecule has 25 heavy (non-hydrogen) atoms. The molecule has 0 aliphatic carbocycles. The van der Waals surface area contributed by atoms with Crippen LogP contribution in [0.1, 0.15) is 31.9 Å². The Labute approximate surface area is 153 Å². The number of nitrogens with zero attached hydrogens (tertiary/aromatic N) is 4. The van der Waals surface area contributed by atoms with Gasteiger partial charge in [-0.1, -0.05) is 24.6 Å². The highest BCUT2D eigenvalue weighted by Crippen LogP contribution is 2.32. The van der Waals surface area contributed by atoms with Crippen LogP contribution in [0.2, 0.25) is 5.02 Å². The van der Waals surface area contributed by atoms with Gasteiger partial charge in [0.05, 0.1) is 22.2 Å². The molecule has 134 valence electrons. The van der Waals surface area contributed by atoms with Gasteiger partial charge in [0.25, 0.3) is 0 Å². The fourth-order valence-electron chi connectivity index (χ4n) is 4.47. The predicted octanol–water partition coefficient (Wildman–Crippen LogP) is 3.06. The van der Waals surface area contributed by atoms with Crippen molar-refractivity contribution in [1.82, 2.24) is 19.6 Å². The van der Waals surface area contributed by atoms with Crippen LogP contribution in [0.4, 0.5) is 0 Å². The topological polar surface area (TPSA) is 41.4 Å². The van der Waals surface area contributed by atoms with Gasteiger partial charge in [-0.15, -0.1) is 0 Å². The molecule has 2 aromatic rings. The molecular weight excluding hydrogens is 336 g/mol. The summed E-state index contributed by atoms with van der Waals surface area (Å²) in [6.45, 7) is 5.54. The van der Waals surface area contributed by atoms with E-state index in [1.807, 2.05) is 23.9 Å². The summed E-state index contributed by atoms with van der Waals surface area (Å²) < 4.78 is 1.90. The maximum Gasteiger partial charge on any atom is 0.227 e. The van der Waals surface area contributed by atoms with E-state index >= 15 is 0 Å². The Morgan fingerprint density at radius 3 is 2.92 bits per heavy atom. The number of carbonyl (C=O) groups is 1. The van der Waals surface area contributed by atoms with Crippen LogP contribution in [0.5, 0.6) is 0 Å². The number of aryl methyl sites for hydroxylation is 1. The second kappa shape index (κ2) is 6.61. The normalized spacial score (nSPS) is 24.3. The summed E-state index contributed by atoms with van der Waals surface area (Å²) in [5.41, 5.74) is 2.07. The summed E-state index contributed by atoms with van der Waals surface area (Å²) in [6.07, 6.45) is 3.16. The molecule has 1 aromatic heterocycles.